The lowest BCUT2D eigenvalue weighted by Crippen LogP contribution is -2.47. The number of carboxylic acid groups (broad SMARTS) is 1. The van der Waals surface area contributed by atoms with Gasteiger partial charge in [0, 0.05) is 30.3 Å². The third kappa shape index (κ3) is 5.23. The van der Waals surface area contributed by atoms with Gasteiger partial charge < -0.3 is 25.4 Å². The maximum absolute atomic E-state index is 13.7. The molecule has 40 heavy (non-hydrogen) atoms. The molecule has 5 amide bonds. The fraction of sp³-hybridized carbons (Fsp3) is 0.414. The number of carbonyl (C=O) groups excluding carboxylic acids is 4. The molecule has 1 saturated carbocycles. The van der Waals surface area contributed by atoms with Crippen LogP contribution < -0.4 is 10.6 Å². The van der Waals surface area contributed by atoms with E-state index in [-0.39, 0.29) is 18.4 Å². The molecule has 1 unspecified atom stereocenters. The maximum atomic E-state index is 13.7. The quantitative estimate of drug-likeness (QED) is 0.436. The third-order valence-corrected chi connectivity index (χ3v) is 7.97. The SMILES string of the molecule is C[C@H](NC(=O)O)C(=O)Nc1ccc2c(c1)CCC21OC(=O)N(CC(=O)N(Cc2ccccc2)[C@@H](C)C2CC2)C1=O. The van der Waals surface area contributed by atoms with Crippen molar-refractivity contribution in [2.45, 2.75) is 63.8 Å². The lowest BCUT2D eigenvalue weighted by atomic mass is 9.94. The molecule has 2 aromatic rings. The monoisotopic (exact) mass is 548 g/mol. The molecule has 0 aromatic heterocycles. The second kappa shape index (κ2) is 10.6. The van der Waals surface area contributed by atoms with E-state index < -0.39 is 42.2 Å². The van der Waals surface area contributed by atoms with E-state index in [0.717, 1.165) is 28.9 Å². The predicted molar refractivity (Wildman–Crippen MR) is 143 cm³/mol. The van der Waals surface area contributed by atoms with Gasteiger partial charge in [-0.1, -0.05) is 36.4 Å². The Bertz CT molecular complexity index is 1360. The molecular weight excluding hydrogens is 516 g/mol. The van der Waals surface area contributed by atoms with Crippen LogP contribution in [0.5, 0.6) is 0 Å². The number of amides is 5. The van der Waals surface area contributed by atoms with Crippen LogP contribution in [-0.2, 0) is 37.7 Å². The van der Waals surface area contributed by atoms with Crippen molar-refractivity contribution in [2.75, 3.05) is 11.9 Å². The number of anilines is 1. The topological polar surface area (TPSA) is 145 Å². The molecule has 0 bridgehead atoms. The number of nitrogens with zero attached hydrogens (tertiary/aromatic N) is 2. The molecule has 0 radical (unpaired) electrons. The van der Waals surface area contributed by atoms with Gasteiger partial charge in [0.2, 0.25) is 17.4 Å². The number of carbonyl (C=O) groups is 5. The van der Waals surface area contributed by atoms with E-state index in [1.807, 2.05) is 37.3 Å². The minimum atomic E-state index is -1.51. The van der Waals surface area contributed by atoms with Crippen molar-refractivity contribution in [3.63, 3.8) is 0 Å². The highest BCUT2D eigenvalue weighted by Crippen LogP contribution is 2.46. The van der Waals surface area contributed by atoms with Gasteiger partial charge in [-0.25, -0.2) is 14.5 Å². The van der Waals surface area contributed by atoms with Gasteiger partial charge in [-0.15, -0.1) is 0 Å². The zero-order chi connectivity index (χ0) is 28.6. The first kappa shape index (κ1) is 27.2. The van der Waals surface area contributed by atoms with Gasteiger partial charge >= 0.3 is 12.2 Å². The van der Waals surface area contributed by atoms with Crippen LogP contribution in [0, 0.1) is 5.92 Å². The van der Waals surface area contributed by atoms with Gasteiger partial charge in [-0.3, -0.25) is 14.4 Å². The number of hydrogen-bond acceptors (Lipinski definition) is 6. The molecule has 210 valence electrons. The summed E-state index contributed by atoms with van der Waals surface area (Å²) in [5.74, 6) is -1.02. The van der Waals surface area contributed by atoms with Crippen LogP contribution in [0.3, 0.4) is 0 Å². The molecule has 2 aliphatic carbocycles. The van der Waals surface area contributed by atoms with E-state index in [9.17, 15) is 24.0 Å². The van der Waals surface area contributed by atoms with Gasteiger partial charge in [0.15, 0.2) is 0 Å². The van der Waals surface area contributed by atoms with E-state index in [1.54, 1.807) is 23.1 Å². The van der Waals surface area contributed by atoms with E-state index in [1.165, 1.54) is 6.92 Å². The Morgan fingerprint density at radius 1 is 1.12 bits per heavy atom. The van der Waals surface area contributed by atoms with Crippen molar-refractivity contribution in [2.24, 2.45) is 5.92 Å². The lowest BCUT2D eigenvalue weighted by Gasteiger charge is -2.30. The van der Waals surface area contributed by atoms with Gasteiger partial charge in [-0.05, 0) is 62.3 Å². The number of nitrogens with one attached hydrogen (secondary N) is 2. The Kier molecular flexibility index (Phi) is 7.22. The highest BCUT2D eigenvalue weighted by Gasteiger charge is 2.58. The third-order valence-electron chi connectivity index (χ3n) is 7.97. The summed E-state index contributed by atoms with van der Waals surface area (Å²) in [4.78, 5) is 65.9. The fourth-order valence-corrected chi connectivity index (χ4v) is 5.53. The Morgan fingerprint density at radius 2 is 1.85 bits per heavy atom. The van der Waals surface area contributed by atoms with Crippen molar-refractivity contribution >= 4 is 35.6 Å². The minimum Gasteiger partial charge on any atom is -0.465 e. The van der Waals surface area contributed by atoms with Gasteiger partial charge in [-0.2, -0.15) is 0 Å². The van der Waals surface area contributed by atoms with Crippen LogP contribution in [-0.4, -0.2) is 63.4 Å². The van der Waals surface area contributed by atoms with Gasteiger partial charge in [0.05, 0.1) is 0 Å². The summed E-state index contributed by atoms with van der Waals surface area (Å²) < 4.78 is 5.69. The zero-order valence-corrected chi connectivity index (χ0v) is 22.4. The molecule has 1 heterocycles. The average molecular weight is 549 g/mol. The van der Waals surface area contributed by atoms with E-state index >= 15 is 0 Å². The predicted octanol–water partition coefficient (Wildman–Crippen LogP) is 3.23. The summed E-state index contributed by atoms with van der Waals surface area (Å²) in [6, 6.07) is 13.5. The first-order valence-corrected chi connectivity index (χ1v) is 13.4. The summed E-state index contributed by atoms with van der Waals surface area (Å²) in [6.45, 7) is 3.41. The fourth-order valence-electron chi connectivity index (χ4n) is 5.53. The number of benzene rings is 2. The molecule has 2 aromatic carbocycles. The molecule has 5 rings (SSSR count). The standard InChI is InChI=1S/C29H32N4O7/c1-17(30-27(37)38)25(35)31-22-10-11-23-21(14-22)12-13-29(23)26(36)33(28(39)40-29)16-24(34)32(18(2)20-8-9-20)15-19-6-4-3-5-7-19/h3-7,10-11,14,17-18,20,30H,8-9,12-13,15-16H2,1-2H3,(H,31,35)(H,37,38)/t17-,18-,29?/m0/s1. The highest BCUT2D eigenvalue weighted by atomic mass is 16.6. The van der Waals surface area contributed by atoms with Gasteiger partial charge in [0.25, 0.3) is 5.91 Å². The van der Waals surface area contributed by atoms with E-state index in [2.05, 4.69) is 10.6 Å². The summed E-state index contributed by atoms with van der Waals surface area (Å²) in [7, 11) is 0. The van der Waals surface area contributed by atoms with Crippen molar-refractivity contribution in [3.05, 3.63) is 65.2 Å². The Balaban J connectivity index is 1.31. The Morgan fingerprint density at radius 3 is 2.52 bits per heavy atom. The van der Waals surface area contributed by atoms with Gasteiger partial charge in [0.1, 0.15) is 12.6 Å². The number of rotatable bonds is 9. The van der Waals surface area contributed by atoms with Crippen LogP contribution >= 0.6 is 0 Å². The second-order valence-electron chi connectivity index (χ2n) is 10.7. The first-order valence-electron chi connectivity index (χ1n) is 13.4. The van der Waals surface area contributed by atoms with E-state index in [0.29, 0.717) is 30.1 Å². The molecule has 1 saturated heterocycles. The summed E-state index contributed by atoms with van der Waals surface area (Å²) in [6.07, 6.45) is 0.563. The Labute approximate surface area is 231 Å². The second-order valence-corrected chi connectivity index (χ2v) is 10.7. The number of ether oxygens (including phenoxy) is 1. The van der Waals surface area contributed by atoms with Crippen molar-refractivity contribution < 1.29 is 33.8 Å². The molecule has 3 aliphatic rings. The number of aryl methyl sites for hydroxylation is 1. The number of hydrogen-bond donors (Lipinski definition) is 3. The first-order chi connectivity index (χ1) is 19.1. The minimum absolute atomic E-state index is 0.0235. The molecule has 1 spiro atoms. The number of fused-ring (bicyclic) bond motifs is 2. The zero-order valence-electron chi connectivity index (χ0n) is 22.4. The molecule has 1 aliphatic heterocycles. The highest BCUT2D eigenvalue weighted by molar-refractivity contribution is 6.06. The lowest BCUT2D eigenvalue weighted by molar-refractivity contribution is -0.143. The van der Waals surface area contributed by atoms with Crippen LogP contribution in [0.15, 0.2) is 48.5 Å². The van der Waals surface area contributed by atoms with Crippen molar-refractivity contribution in [1.82, 2.24) is 15.1 Å². The smallest absolute Gasteiger partial charge is 0.418 e. The molecule has 3 N–H and O–H groups in total. The molecule has 11 heteroatoms. The van der Waals surface area contributed by atoms with Crippen LogP contribution in [0.1, 0.15) is 49.8 Å². The normalized spacial score (nSPS) is 21.0. The maximum Gasteiger partial charge on any atom is 0.418 e. The molecule has 11 nitrogen and oxygen atoms in total. The number of imide groups is 1. The Hall–Kier alpha value is -4.41. The summed E-state index contributed by atoms with van der Waals surface area (Å²) in [5.41, 5.74) is 1.12. The molecule has 3 atom stereocenters. The largest absolute Gasteiger partial charge is 0.465 e. The summed E-state index contributed by atoms with van der Waals surface area (Å²) in [5, 5.41) is 13.6. The average Bonchev–Trinajstić information content (AvgIpc) is 3.67. The van der Waals surface area contributed by atoms with Crippen molar-refractivity contribution in [3.8, 4) is 0 Å². The van der Waals surface area contributed by atoms with Crippen LogP contribution in [0.4, 0.5) is 15.3 Å². The molecular formula is C29H32N4O7. The van der Waals surface area contributed by atoms with Crippen LogP contribution in [0.2, 0.25) is 0 Å². The molecule has 2 fully saturated rings. The van der Waals surface area contributed by atoms with E-state index in [4.69, 9.17) is 9.84 Å². The van der Waals surface area contributed by atoms with Crippen molar-refractivity contribution in [1.29, 1.82) is 0 Å². The summed E-state index contributed by atoms with van der Waals surface area (Å²) >= 11 is 0. The van der Waals surface area contributed by atoms with Crippen LogP contribution in [0.25, 0.3) is 0 Å².